The third-order valence-electron chi connectivity index (χ3n) is 11.6. The monoisotopic (exact) mass is 817 g/mol. The molecule has 3 aliphatic carbocycles. The molecule has 0 unspecified atom stereocenters. The summed E-state index contributed by atoms with van der Waals surface area (Å²) >= 11 is 0. The van der Waals surface area contributed by atoms with Crippen molar-refractivity contribution in [3.05, 3.63) is 0 Å². The number of hydrogen-bond donors (Lipinski definition) is 4. The van der Waals surface area contributed by atoms with Crippen LogP contribution in [0.15, 0.2) is 0 Å². The van der Waals surface area contributed by atoms with Gasteiger partial charge in [0.15, 0.2) is 0 Å². The molecule has 3 heterocycles. The van der Waals surface area contributed by atoms with Crippen LogP contribution >= 0.6 is 0 Å². The van der Waals surface area contributed by atoms with Gasteiger partial charge in [-0.2, -0.15) is 0 Å². The molecule has 3 amide bonds. The fourth-order valence-corrected chi connectivity index (χ4v) is 8.27. The first-order valence-electron chi connectivity index (χ1n) is 20.4. The number of hydrogen-bond acceptors (Lipinski definition) is 10. The van der Waals surface area contributed by atoms with Crippen molar-refractivity contribution >= 4 is 31.9 Å². The van der Waals surface area contributed by atoms with Crippen LogP contribution in [-0.2, 0) is 19.2 Å². The predicted molar refractivity (Wildman–Crippen MR) is 236 cm³/mol. The van der Waals surface area contributed by atoms with Gasteiger partial charge in [-0.15, -0.1) is 0 Å². The van der Waals surface area contributed by atoms with E-state index in [1.165, 1.54) is 98.1 Å². The van der Waals surface area contributed by atoms with E-state index in [0.29, 0.717) is 30.7 Å². The molecule has 3 saturated heterocycles. The smallest absolute Gasteiger partial charge is 1.00 e. The Hall–Kier alpha value is -1.10. The Bertz CT molecular complexity index is 1000. The van der Waals surface area contributed by atoms with E-state index in [0.717, 1.165) is 63.7 Å². The van der Waals surface area contributed by atoms with Crippen LogP contribution in [0.5, 0.6) is 0 Å². The van der Waals surface area contributed by atoms with Crippen LogP contribution in [0.1, 0.15) is 122 Å². The number of carbonyl (C=O) groups excluding carboxylic acids is 4. The topological polar surface area (TPSA) is 133 Å². The fraction of sp³-hybridized carbons (Fsp3) is 0.905. The number of ketones is 1. The van der Waals surface area contributed by atoms with Gasteiger partial charge < -0.3 is 37.4 Å². The maximum Gasteiger partial charge on any atom is 1.00 e. The second-order valence-corrected chi connectivity index (χ2v) is 16.2. The quantitative estimate of drug-likeness (QED) is 0.285. The third-order valence-corrected chi connectivity index (χ3v) is 11.6. The van der Waals surface area contributed by atoms with Gasteiger partial charge in [0.2, 0.25) is 17.7 Å². The van der Waals surface area contributed by atoms with Gasteiger partial charge in [0.1, 0.15) is 5.78 Å². The fourth-order valence-electron chi connectivity index (χ4n) is 8.27. The zero-order valence-corrected chi connectivity index (χ0v) is 37.3. The first-order chi connectivity index (χ1) is 24.9. The molecule has 3 radical (unpaired) electrons. The van der Waals surface area contributed by atoms with Crippen LogP contribution in [0, 0.1) is 0 Å². The molecule has 57 heavy (non-hydrogen) atoms. The van der Waals surface area contributed by atoms with Gasteiger partial charge >= 0.3 is 29.6 Å². The van der Waals surface area contributed by atoms with Gasteiger partial charge in [0.25, 0.3) is 0 Å². The number of nitrogens with one attached hydrogen (secondary N) is 4. The minimum atomic E-state index is 0. The van der Waals surface area contributed by atoms with Crippen LogP contribution in [0.25, 0.3) is 0 Å². The molecule has 0 atom stereocenters. The first-order valence-corrected chi connectivity index (χ1v) is 20.4. The van der Waals surface area contributed by atoms with Crippen molar-refractivity contribution in [3.63, 3.8) is 0 Å². The molecule has 3 saturated carbocycles. The number of rotatable bonds is 5. The van der Waals surface area contributed by atoms with Gasteiger partial charge in [-0.1, -0.05) is 22.3 Å². The van der Waals surface area contributed by atoms with Gasteiger partial charge in [0, 0.05) is 151 Å². The minimum Gasteiger partial charge on any atom is -1.00 e. The molecule has 6 fully saturated rings. The number of piperazine rings is 3. The molecule has 0 aromatic rings. The van der Waals surface area contributed by atoms with Crippen molar-refractivity contribution in [3.8, 4) is 0 Å². The van der Waals surface area contributed by atoms with E-state index < -0.39 is 0 Å². The third kappa shape index (κ3) is 26.0. The number of Topliss-reactive ketones (excluding diaryl/α,β-unsaturated/α-hetero) is 1. The summed E-state index contributed by atoms with van der Waals surface area (Å²) in [5.41, 5.74) is 0. The largest absolute Gasteiger partial charge is 1.00 e. The molecule has 13 nitrogen and oxygen atoms in total. The molecule has 0 spiro atoms. The van der Waals surface area contributed by atoms with E-state index >= 15 is 0 Å². The van der Waals surface area contributed by atoms with Crippen molar-refractivity contribution in [2.75, 3.05) is 99.7 Å². The standard InChI is InChI=1S/2C13H25N3O.C8H13NO2.C5H12N2.3CH4.B.Na.H/c2*1-11(17)14-12-3-5-13(6-4-12)16-9-7-15(2)8-10-16;1-6(10)9-7-2-4-8(11)5-3-7;1-7-4-2-6-3-5-7;;;;;;/h2*12-13H,3-10H2,1-2H3,(H,14,17);7H,2-5H2,1H3,(H,9,10);6H,2-5H2,1H3;3*1H4;;;/q;;;;;;;;+1;-1. The maximum atomic E-state index is 11.0. The molecule has 6 aliphatic rings. The SMILES string of the molecule is C.C.C.CC(=O)NC1CCC(=O)CC1.CC(=O)NC1CCC(N2CCN(C)CC2)CC1.CC(=O)NC1CCC(N2CCN(C)CC2)CC1.CN1CCNCC1.[B].[H-].[Na+]. The number of likely N-dealkylation sites (N-methyl/N-ethyl adjacent to an activating group) is 3. The molecule has 329 valence electrons. The van der Waals surface area contributed by atoms with Crippen LogP contribution < -0.4 is 50.8 Å². The average Bonchev–Trinajstić information content (AvgIpc) is 3.11. The van der Waals surface area contributed by atoms with Crippen molar-refractivity contribution in [2.45, 2.75) is 150 Å². The van der Waals surface area contributed by atoms with Crippen LogP contribution in [0.3, 0.4) is 0 Å². The summed E-state index contributed by atoms with van der Waals surface area (Å²) in [5, 5.41) is 12.2. The van der Waals surface area contributed by atoms with E-state index in [1.807, 2.05) is 0 Å². The molecule has 6 rings (SSSR count). The van der Waals surface area contributed by atoms with E-state index in [1.54, 1.807) is 13.8 Å². The van der Waals surface area contributed by atoms with Gasteiger partial charge in [-0.05, 0) is 85.4 Å². The second kappa shape index (κ2) is 33.6. The van der Waals surface area contributed by atoms with E-state index in [9.17, 15) is 19.2 Å². The summed E-state index contributed by atoms with van der Waals surface area (Å²) in [6, 6.07) is 2.61. The Kier molecular flexibility index (Phi) is 35.5. The summed E-state index contributed by atoms with van der Waals surface area (Å²) in [6.45, 7) is 19.1. The van der Waals surface area contributed by atoms with Crippen LogP contribution in [0.2, 0.25) is 0 Å². The maximum absolute atomic E-state index is 11.0. The summed E-state index contributed by atoms with van der Waals surface area (Å²) < 4.78 is 0. The van der Waals surface area contributed by atoms with Crippen molar-refractivity contribution < 1.29 is 50.2 Å². The minimum absolute atomic E-state index is 0. The molecular formula is C42H88BN9NaO4. The van der Waals surface area contributed by atoms with Gasteiger partial charge in [0.05, 0.1) is 0 Å². The number of nitrogens with zero attached hydrogens (tertiary/aromatic N) is 5. The van der Waals surface area contributed by atoms with Crippen molar-refractivity contribution in [2.24, 2.45) is 0 Å². The Morgan fingerprint density at radius 1 is 0.509 bits per heavy atom. The molecule has 0 aromatic carbocycles. The summed E-state index contributed by atoms with van der Waals surface area (Å²) in [7, 11) is 6.55. The Balaban J connectivity index is -0.000000337. The normalized spacial score (nSPS) is 26.2. The molecule has 15 heteroatoms. The first kappa shape index (κ1) is 60.2. The molecule has 0 aromatic heterocycles. The summed E-state index contributed by atoms with van der Waals surface area (Å²) in [4.78, 5) is 55.8. The average molecular weight is 817 g/mol. The van der Waals surface area contributed by atoms with Crippen molar-refractivity contribution in [1.29, 1.82) is 0 Å². The number of amides is 3. The van der Waals surface area contributed by atoms with E-state index in [2.05, 4.69) is 66.9 Å². The molecule has 3 aliphatic heterocycles. The molecule has 0 bridgehead atoms. The van der Waals surface area contributed by atoms with Crippen LogP contribution in [0.4, 0.5) is 0 Å². The summed E-state index contributed by atoms with van der Waals surface area (Å²) in [6.07, 6.45) is 12.5. The second-order valence-electron chi connectivity index (χ2n) is 16.2. The molecule has 4 N–H and O–H groups in total. The van der Waals surface area contributed by atoms with Crippen LogP contribution in [-0.4, -0.2) is 186 Å². The summed E-state index contributed by atoms with van der Waals surface area (Å²) in [5.74, 6) is 0.567. The van der Waals surface area contributed by atoms with E-state index in [4.69, 9.17) is 0 Å². The zero-order chi connectivity index (χ0) is 37.9. The zero-order valence-electron chi connectivity index (χ0n) is 36.3. The Labute approximate surface area is 376 Å². The van der Waals surface area contributed by atoms with Crippen molar-refractivity contribution in [1.82, 2.24) is 45.8 Å². The van der Waals surface area contributed by atoms with E-state index in [-0.39, 0.29) is 85.4 Å². The predicted octanol–water partition coefficient (Wildman–Crippen LogP) is 0.162. The number of carbonyl (C=O) groups is 4. The Morgan fingerprint density at radius 3 is 1.05 bits per heavy atom. The van der Waals surface area contributed by atoms with Gasteiger partial charge in [-0.3, -0.25) is 29.0 Å². The Morgan fingerprint density at radius 2 is 0.789 bits per heavy atom. The molecular weight excluding hydrogens is 728 g/mol. The van der Waals surface area contributed by atoms with Gasteiger partial charge in [-0.25, -0.2) is 0 Å².